The molecule has 19 heavy (non-hydrogen) atoms. The Morgan fingerprint density at radius 3 is 2.37 bits per heavy atom. The number of benzene rings is 1. The number of hydrogen-bond acceptors (Lipinski definition) is 2. The Kier molecular flexibility index (Phi) is 6.15. The van der Waals surface area contributed by atoms with E-state index >= 15 is 0 Å². The van der Waals surface area contributed by atoms with Gasteiger partial charge < -0.3 is 9.84 Å². The summed E-state index contributed by atoms with van der Waals surface area (Å²) >= 11 is 0. The number of halogens is 3. The highest BCUT2D eigenvalue weighted by Gasteiger charge is 2.26. The molecule has 0 bridgehead atoms. The van der Waals surface area contributed by atoms with Gasteiger partial charge in [0.15, 0.2) is 0 Å². The van der Waals surface area contributed by atoms with Gasteiger partial charge in [-0.15, -0.1) is 0 Å². The second-order valence-corrected chi connectivity index (χ2v) is 4.60. The zero-order valence-electron chi connectivity index (χ0n) is 10.9. The normalized spacial score (nSPS) is 13.3. The van der Waals surface area contributed by atoms with Gasteiger partial charge >= 0.3 is 6.18 Å². The lowest BCUT2D eigenvalue weighted by atomic mass is 10.1. The molecule has 0 aromatic heterocycles. The molecule has 2 nitrogen and oxygen atoms in total. The van der Waals surface area contributed by atoms with Crippen LogP contribution >= 0.6 is 0 Å². The second kappa shape index (κ2) is 7.38. The second-order valence-electron chi connectivity index (χ2n) is 4.60. The molecule has 1 unspecified atom stereocenters. The summed E-state index contributed by atoms with van der Waals surface area (Å²) in [4.78, 5) is 0. The molecule has 108 valence electrons. The maximum Gasteiger partial charge on any atom is 0.389 e. The SMILES string of the molecule is CC(O)CCc1ccc(OCCCC(F)(F)F)cc1. The van der Waals surface area contributed by atoms with Gasteiger partial charge in [0.05, 0.1) is 12.7 Å². The Balaban J connectivity index is 2.28. The average Bonchev–Trinajstić information content (AvgIpc) is 2.32. The fourth-order valence-corrected chi connectivity index (χ4v) is 1.59. The Morgan fingerprint density at radius 2 is 1.84 bits per heavy atom. The van der Waals surface area contributed by atoms with E-state index < -0.39 is 12.6 Å². The first-order chi connectivity index (χ1) is 8.87. The number of ether oxygens (including phenoxy) is 1. The Bertz CT molecular complexity index is 358. The number of rotatable bonds is 7. The lowest BCUT2D eigenvalue weighted by Gasteiger charge is -2.09. The van der Waals surface area contributed by atoms with Gasteiger partial charge in [0.25, 0.3) is 0 Å². The largest absolute Gasteiger partial charge is 0.494 e. The van der Waals surface area contributed by atoms with Crippen molar-refractivity contribution < 1.29 is 23.0 Å². The highest BCUT2D eigenvalue weighted by molar-refractivity contribution is 5.27. The Labute approximate surface area is 111 Å². The van der Waals surface area contributed by atoms with Crippen molar-refractivity contribution >= 4 is 0 Å². The molecular formula is C14H19F3O2. The molecule has 0 aliphatic heterocycles. The van der Waals surface area contributed by atoms with Gasteiger partial charge in [-0.3, -0.25) is 0 Å². The molecule has 1 rings (SSSR count). The van der Waals surface area contributed by atoms with Gasteiger partial charge in [0.2, 0.25) is 0 Å². The molecule has 0 spiro atoms. The topological polar surface area (TPSA) is 29.5 Å². The maximum absolute atomic E-state index is 11.9. The lowest BCUT2D eigenvalue weighted by Crippen LogP contribution is -2.09. The summed E-state index contributed by atoms with van der Waals surface area (Å²) in [7, 11) is 0. The van der Waals surface area contributed by atoms with Crippen molar-refractivity contribution in [3.05, 3.63) is 29.8 Å². The van der Waals surface area contributed by atoms with Crippen molar-refractivity contribution in [1.82, 2.24) is 0 Å². The summed E-state index contributed by atoms with van der Waals surface area (Å²) in [6, 6.07) is 7.21. The molecule has 1 aromatic carbocycles. The number of alkyl halides is 3. The van der Waals surface area contributed by atoms with Crippen molar-refractivity contribution in [3.8, 4) is 5.75 Å². The summed E-state index contributed by atoms with van der Waals surface area (Å²) in [6.45, 7) is 1.80. The van der Waals surface area contributed by atoms with Crippen LogP contribution in [0.4, 0.5) is 13.2 Å². The van der Waals surface area contributed by atoms with E-state index in [2.05, 4.69) is 0 Å². The first-order valence-electron chi connectivity index (χ1n) is 6.33. The molecular weight excluding hydrogens is 257 g/mol. The summed E-state index contributed by atoms with van der Waals surface area (Å²) in [5, 5.41) is 9.16. The van der Waals surface area contributed by atoms with Gasteiger partial charge in [-0.05, 0) is 43.9 Å². The number of aliphatic hydroxyl groups excluding tert-OH is 1. The van der Waals surface area contributed by atoms with Crippen LogP contribution in [0.3, 0.4) is 0 Å². The zero-order chi connectivity index (χ0) is 14.3. The summed E-state index contributed by atoms with van der Waals surface area (Å²) in [5.41, 5.74) is 1.07. The zero-order valence-corrected chi connectivity index (χ0v) is 10.9. The summed E-state index contributed by atoms with van der Waals surface area (Å²) in [5.74, 6) is 0.572. The molecule has 0 heterocycles. The molecule has 0 fully saturated rings. The Morgan fingerprint density at radius 1 is 1.21 bits per heavy atom. The number of hydrogen-bond donors (Lipinski definition) is 1. The van der Waals surface area contributed by atoms with E-state index in [0.29, 0.717) is 12.2 Å². The first-order valence-corrected chi connectivity index (χ1v) is 6.33. The third-order valence-electron chi connectivity index (χ3n) is 2.65. The highest BCUT2D eigenvalue weighted by atomic mass is 19.4. The van der Waals surface area contributed by atoms with Gasteiger partial charge in [-0.25, -0.2) is 0 Å². The molecule has 5 heteroatoms. The highest BCUT2D eigenvalue weighted by Crippen LogP contribution is 2.21. The molecule has 1 aromatic rings. The van der Waals surface area contributed by atoms with E-state index in [1.807, 2.05) is 12.1 Å². The standard InChI is InChI=1S/C14H19F3O2/c1-11(18)3-4-12-5-7-13(8-6-12)19-10-2-9-14(15,16)17/h5-8,11,18H,2-4,9-10H2,1H3. The van der Waals surface area contributed by atoms with E-state index in [9.17, 15) is 13.2 Å². The average molecular weight is 276 g/mol. The third-order valence-corrected chi connectivity index (χ3v) is 2.65. The first kappa shape index (κ1) is 15.8. The fourth-order valence-electron chi connectivity index (χ4n) is 1.59. The predicted molar refractivity (Wildman–Crippen MR) is 67.2 cm³/mol. The molecule has 0 saturated heterocycles. The predicted octanol–water partition coefficient (Wildman–Crippen LogP) is 3.72. The van der Waals surface area contributed by atoms with Crippen molar-refractivity contribution in [2.24, 2.45) is 0 Å². The third kappa shape index (κ3) is 7.72. The van der Waals surface area contributed by atoms with Crippen LogP contribution in [0.2, 0.25) is 0 Å². The summed E-state index contributed by atoms with van der Waals surface area (Å²) < 4.78 is 41.0. The Hall–Kier alpha value is -1.23. The van der Waals surface area contributed by atoms with Crippen LogP contribution in [0, 0.1) is 0 Å². The number of aryl methyl sites for hydroxylation is 1. The molecule has 1 atom stereocenters. The van der Waals surface area contributed by atoms with Crippen molar-refractivity contribution in [3.63, 3.8) is 0 Å². The molecule has 0 aliphatic carbocycles. The quantitative estimate of drug-likeness (QED) is 0.769. The molecule has 0 radical (unpaired) electrons. The van der Waals surface area contributed by atoms with Crippen molar-refractivity contribution in [1.29, 1.82) is 0 Å². The minimum atomic E-state index is -4.12. The van der Waals surface area contributed by atoms with Crippen LogP contribution < -0.4 is 4.74 Å². The summed E-state index contributed by atoms with van der Waals surface area (Å²) in [6.07, 6.45) is -3.85. The monoisotopic (exact) mass is 276 g/mol. The van der Waals surface area contributed by atoms with Crippen LogP contribution in [-0.4, -0.2) is 24.0 Å². The van der Waals surface area contributed by atoms with Gasteiger partial charge in [0.1, 0.15) is 5.75 Å². The fraction of sp³-hybridized carbons (Fsp3) is 0.571. The van der Waals surface area contributed by atoms with Gasteiger partial charge in [-0.2, -0.15) is 13.2 Å². The van der Waals surface area contributed by atoms with Gasteiger partial charge in [0, 0.05) is 6.42 Å². The van der Waals surface area contributed by atoms with Crippen LogP contribution in [0.1, 0.15) is 31.7 Å². The van der Waals surface area contributed by atoms with Gasteiger partial charge in [-0.1, -0.05) is 12.1 Å². The van der Waals surface area contributed by atoms with Crippen molar-refractivity contribution in [2.75, 3.05) is 6.61 Å². The van der Waals surface area contributed by atoms with E-state index in [-0.39, 0.29) is 19.1 Å². The molecule has 0 saturated carbocycles. The molecule has 0 aliphatic rings. The van der Waals surface area contributed by atoms with Crippen molar-refractivity contribution in [2.45, 2.75) is 44.9 Å². The number of aliphatic hydroxyl groups is 1. The van der Waals surface area contributed by atoms with Crippen LogP contribution in [0.15, 0.2) is 24.3 Å². The van der Waals surface area contributed by atoms with Crippen LogP contribution in [0.25, 0.3) is 0 Å². The maximum atomic E-state index is 11.9. The minimum Gasteiger partial charge on any atom is -0.494 e. The minimum absolute atomic E-state index is 0.0344. The molecule has 0 amide bonds. The van der Waals surface area contributed by atoms with Crippen LogP contribution in [0.5, 0.6) is 5.75 Å². The molecule has 1 N–H and O–H groups in total. The lowest BCUT2D eigenvalue weighted by molar-refractivity contribution is -0.136. The van der Waals surface area contributed by atoms with E-state index in [4.69, 9.17) is 9.84 Å². The smallest absolute Gasteiger partial charge is 0.389 e. The van der Waals surface area contributed by atoms with E-state index in [1.54, 1.807) is 19.1 Å². The van der Waals surface area contributed by atoms with E-state index in [1.165, 1.54) is 0 Å². The van der Waals surface area contributed by atoms with E-state index in [0.717, 1.165) is 12.0 Å². The van der Waals surface area contributed by atoms with Crippen LogP contribution in [-0.2, 0) is 6.42 Å².